The molecule has 4 rings (SSSR count). The molecule has 124 valence electrons. The van der Waals surface area contributed by atoms with Crippen molar-refractivity contribution in [2.24, 2.45) is 17.8 Å². The van der Waals surface area contributed by atoms with E-state index < -0.39 is 0 Å². The Morgan fingerprint density at radius 3 is 2.91 bits per heavy atom. The minimum atomic E-state index is -0.211. The molecule has 1 aromatic rings. The van der Waals surface area contributed by atoms with Crippen molar-refractivity contribution in [3.8, 4) is 5.88 Å². The fourth-order valence-electron chi connectivity index (χ4n) is 3.68. The van der Waals surface area contributed by atoms with Gasteiger partial charge in [-0.1, -0.05) is 0 Å². The van der Waals surface area contributed by atoms with E-state index in [9.17, 15) is 9.59 Å². The second-order valence-electron chi connectivity index (χ2n) is 6.83. The average molecular weight is 319 g/mol. The number of piperidine rings is 1. The lowest BCUT2D eigenvalue weighted by Crippen LogP contribution is -2.46. The lowest BCUT2D eigenvalue weighted by atomic mass is 9.88. The Morgan fingerprint density at radius 2 is 2.22 bits per heavy atom. The van der Waals surface area contributed by atoms with Crippen LogP contribution in [0.25, 0.3) is 0 Å². The summed E-state index contributed by atoms with van der Waals surface area (Å²) in [6, 6.07) is 1.49. The molecule has 1 aliphatic carbocycles. The van der Waals surface area contributed by atoms with Crippen LogP contribution in [0.1, 0.15) is 29.8 Å². The smallest absolute Gasteiger partial charge is 0.292 e. The summed E-state index contributed by atoms with van der Waals surface area (Å²) in [6.07, 6.45) is 3.47. The van der Waals surface area contributed by atoms with Gasteiger partial charge in [0.15, 0.2) is 0 Å². The van der Waals surface area contributed by atoms with E-state index in [0.29, 0.717) is 19.0 Å². The van der Waals surface area contributed by atoms with Gasteiger partial charge in [-0.25, -0.2) is 0 Å². The number of amides is 2. The van der Waals surface area contributed by atoms with Gasteiger partial charge in [0.2, 0.25) is 11.7 Å². The molecule has 0 aromatic carbocycles. The molecule has 0 bridgehead atoms. The lowest BCUT2D eigenvalue weighted by molar-refractivity contribution is -0.139. The SMILES string of the molecule is COc1cc(C(=O)N2CC3CCN(CC4CC4)C(=O)C3C2)on1. The van der Waals surface area contributed by atoms with Crippen LogP contribution < -0.4 is 4.74 Å². The highest BCUT2D eigenvalue weighted by molar-refractivity contribution is 5.93. The Bertz CT molecular complexity index is 625. The largest absolute Gasteiger partial charge is 0.479 e. The van der Waals surface area contributed by atoms with Crippen molar-refractivity contribution >= 4 is 11.8 Å². The molecular weight excluding hydrogens is 298 g/mol. The fraction of sp³-hybridized carbons (Fsp3) is 0.688. The van der Waals surface area contributed by atoms with Crippen LogP contribution in [0.5, 0.6) is 5.88 Å². The van der Waals surface area contributed by atoms with Crippen LogP contribution in [0.2, 0.25) is 0 Å². The molecule has 2 saturated heterocycles. The minimum Gasteiger partial charge on any atom is -0.479 e. The third-order valence-corrected chi connectivity index (χ3v) is 5.21. The molecule has 2 atom stereocenters. The molecule has 0 radical (unpaired) electrons. The summed E-state index contributed by atoms with van der Waals surface area (Å²) in [5.74, 6) is 1.38. The van der Waals surface area contributed by atoms with Gasteiger partial charge in [-0.3, -0.25) is 9.59 Å². The van der Waals surface area contributed by atoms with Crippen LogP contribution in [0.15, 0.2) is 10.6 Å². The van der Waals surface area contributed by atoms with Crippen LogP contribution in [-0.4, -0.2) is 60.1 Å². The molecule has 1 saturated carbocycles. The highest BCUT2D eigenvalue weighted by Crippen LogP contribution is 2.36. The summed E-state index contributed by atoms with van der Waals surface area (Å²) in [5.41, 5.74) is 0. The zero-order valence-electron chi connectivity index (χ0n) is 13.2. The molecule has 0 spiro atoms. The number of fused-ring (bicyclic) bond motifs is 1. The van der Waals surface area contributed by atoms with Crippen LogP contribution in [0, 0.1) is 17.8 Å². The van der Waals surface area contributed by atoms with Crippen LogP contribution in [-0.2, 0) is 4.79 Å². The van der Waals surface area contributed by atoms with Crippen LogP contribution in [0.3, 0.4) is 0 Å². The molecule has 23 heavy (non-hydrogen) atoms. The maximum absolute atomic E-state index is 12.7. The van der Waals surface area contributed by atoms with Gasteiger partial charge in [0.05, 0.1) is 19.1 Å². The normalized spacial score (nSPS) is 27.3. The Hall–Kier alpha value is -2.05. The predicted octanol–water partition coefficient (Wildman–Crippen LogP) is 1.01. The van der Waals surface area contributed by atoms with E-state index in [2.05, 4.69) is 5.16 Å². The van der Waals surface area contributed by atoms with E-state index >= 15 is 0 Å². The number of methoxy groups -OCH3 is 1. The van der Waals surface area contributed by atoms with E-state index in [1.165, 1.54) is 26.0 Å². The Morgan fingerprint density at radius 1 is 1.39 bits per heavy atom. The number of nitrogens with zero attached hydrogens (tertiary/aromatic N) is 3. The second kappa shape index (κ2) is 5.54. The first-order valence-corrected chi connectivity index (χ1v) is 8.24. The van der Waals surface area contributed by atoms with Gasteiger partial charge >= 0.3 is 0 Å². The van der Waals surface area contributed by atoms with Crippen LogP contribution >= 0.6 is 0 Å². The van der Waals surface area contributed by atoms with Gasteiger partial charge in [-0.15, -0.1) is 0 Å². The quantitative estimate of drug-likeness (QED) is 0.828. The molecule has 7 heteroatoms. The average Bonchev–Trinajstić information content (AvgIpc) is 3.08. The standard InChI is InChI=1S/C16H21N3O4/c1-22-14-6-13(23-17-14)16(21)19-8-11-4-5-18(7-10-2-3-10)15(20)12(11)9-19/h6,10-12H,2-5,7-9H2,1H3. The predicted molar refractivity (Wildman–Crippen MR) is 79.9 cm³/mol. The van der Waals surface area contributed by atoms with E-state index in [4.69, 9.17) is 9.26 Å². The minimum absolute atomic E-state index is 0.0590. The number of hydrogen-bond acceptors (Lipinski definition) is 5. The molecule has 3 fully saturated rings. The first-order valence-electron chi connectivity index (χ1n) is 8.24. The van der Waals surface area contributed by atoms with E-state index in [1.54, 1.807) is 4.90 Å². The van der Waals surface area contributed by atoms with Gasteiger partial charge in [0, 0.05) is 26.2 Å². The summed E-state index contributed by atoms with van der Waals surface area (Å²) in [4.78, 5) is 28.9. The van der Waals surface area contributed by atoms with Gasteiger partial charge in [0.25, 0.3) is 11.8 Å². The Balaban J connectivity index is 1.43. The zero-order valence-corrected chi connectivity index (χ0v) is 13.2. The summed E-state index contributed by atoms with van der Waals surface area (Å²) in [7, 11) is 1.48. The van der Waals surface area contributed by atoms with Crippen molar-refractivity contribution in [1.82, 2.24) is 15.0 Å². The van der Waals surface area contributed by atoms with Crippen molar-refractivity contribution in [3.05, 3.63) is 11.8 Å². The van der Waals surface area contributed by atoms with E-state index in [1.807, 2.05) is 4.90 Å². The number of likely N-dealkylation sites (tertiary alicyclic amines) is 2. The highest BCUT2D eigenvalue weighted by atomic mass is 16.5. The maximum Gasteiger partial charge on any atom is 0.292 e. The highest BCUT2D eigenvalue weighted by Gasteiger charge is 2.45. The van der Waals surface area contributed by atoms with Gasteiger partial charge in [-0.2, -0.15) is 0 Å². The summed E-state index contributed by atoms with van der Waals surface area (Å²) in [5, 5.41) is 3.66. The molecule has 1 aromatic heterocycles. The fourth-order valence-corrected chi connectivity index (χ4v) is 3.68. The van der Waals surface area contributed by atoms with Gasteiger partial charge < -0.3 is 19.1 Å². The molecule has 2 aliphatic heterocycles. The topological polar surface area (TPSA) is 75.9 Å². The molecular formula is C16H21N3O4. The molecule has 2 unspecified atom stereocenters. The van der Waals surface area contributed by atoms with Crippen LogP contribution in [0.4, 0.5) is 0 Å². The van der Waals surface area contributed by atoms with Crippen molar-refractivity contribution in [2.45, 2.75) is 19.3 Å². The number of rotatable bonds is 4. The van der Waals surface area contributed by atoms with E-state index in [-0.39, 0.29) is 35.3 Å². The van der Waals surface area contributed by atoms with Crippen molar-refractivity contribution in [2.75, 3.05) is 33.3 Å². The number of ether oxygens (including phenoxy) is 1. The first kappa shape index (κ1) is 14.5. The summed E-state index contributed by atoms with van der Waals surface area (Å²) in [6.45, 7) is 2.83. The Labute approximate surface area is 134 Å². The summed E-state index contributed by atoms with van der Waals surface area (Å²) < 4.78 is 9.97. The van der Waals surface area contributed by atoms with Crippen molar-refractivity contribution < 1.29 is 18.8 Å². The number of hydrogen-bond donors (Lipinski definition) is 0. The molecule has 3 aliphatic rings. The maximum atomic E-state index is 12.7. The monoisotopic (exact) mass is 319 g/mol. The molecule has 0 N–H and O–H groups in total. The van der Waals surface area contributed by atoms with Crippen molar-refractivity contribution in [1.29, 1.82) is 0 Å². The van der Waals surface area contributed by atoms with E-state index in [0.717, 1.165) is 19.5 Å². The third-order valence-electron chi connectivity index (χ3n) is 5.21. The molecule has 7 nitrogen and oxygen atoms in total. The Kier molecular flexibility index (Phi) is 3.50. The molecule has 2 amide bonds. The summed E-state index contributed by atoms with van der Waals surface area (Å²) >= 11 is 0. The third kappa shape index (κ3) is 2.68. The van der Waals surface area contributed by atoms with Crippen molar-refractivity contribution in [3.63, 3.8) is 0 Å². The number of carbonyl (C=O) groups excluding carboxylic acids is 2. The van der Waals surface area contributed by atoms with Gasteiger partial charge in [-0.05, 0) is 36.3 Å². The number of aromatic nitrogens is 1. The zero-order chi connectivity index (χ0) is 16.0. The number of carbonyl (C=O) groups is 2. The lowest BCUT2D eigenvalue weighted by Gasteiger charge is -2.33. The first-order chi connectivity index (χ1) is 11.2. The molecule has 3 heterocycles. The van der Waals surface area contributed by atoms with Gasteiger partial charge in [0.1, 0.15) is 0 Å². The second-order valence-corrected chi connectivity index (χ2v) is 6.83.